The highest BCUT2D eigenvalue weighted by atomic mass is 35.5. The molecule has 8 heteroatoms. The average Bonchev–Trinajstić information content (AvgIpc) is 3.16. The molecule has 32 heavy (non-hydrogen) atoms. The molecule has 1 aliphatic carbocycles. The zero-order valence-corrected chi connectivity index (χ0v) is 19.6. The molecule has 5 rings (SSSR count). The fourth-order valence-electron chi connectivity index (χ4n) is 4.92. The molecule has 0 amide bonds. The Bertz CT molecular complexity index is 1140. The Kier molecular flexibility index (Phi) is 5.73. The molecule has 2 aromatic heterocycles. The summed E-state index contributed by atoms with van der Waals surface area (Å²) in [4.78, 5) is 16.7. The van der Waals surface area contributed by atoms with Gasteiger partial charge in [-0.05, 0) is 55.2 Å². The zero-order valence-electron chi connectivity index (χ0n) is 18.0. The van der Waals surface area contributed by atoms with Gasteiger partial charge in [0.2, 0.25) is 0 Å². The maximum Gasteiger partial charge on any atom is 0.153 e. The summed E-state index contributed by atoms with van der Waals surface area (Å²) in [7, 11) is 0. The topological polar surface area (TPSA) is 88.2 Å². The summed E-state index contributed by atoms with van der Waals surface area (Å²) < 4.78 is 0. The van der Waals surface area contributed by atoms with E-state index in [4.69, 9.17) is 27.3 Å². The minimum atomic E-state index is -0.157. The summed E-state index contributed by atoms with van der Waals surface area (Å²) in [6, 6.07) is 10.6. The maximum atomic E-state index is 10.1. The van der Waals surface area contributed by atoms with E-state index in [1.807, 2.05) is 6.92 Å². The highest BCUT2D eigenvalue weighted by molar-refractivity contribution is 7.99. The van der Waals surface area contributed by atoms with Crippen LogP contribution in [0.4, 0.5) is 11.6 Å². The van der Waals surface area contributed by atoms with Crippen molar-refractivity contribution in [2.45, 2.75) is 49.1 Å². The van der Waals surface area contributed by atoms with Gasteiger partial charge in [-0.2, -0.15) is 0 Å². The van der Waals surface area contributed by atoms with E-state index in [1.54, 1.807) is 12.3 Å². The van der Waals surface area contributed by atoms with Gasteiger partial charge in [-0.1, -0.05) is 47.6 Å². The van der Waals surface area contributed by atoms with Crippen LogP contribution in [-0.4, -0.2) is 33.1 Å². The first-order chi connectivity index (χ1) is 15.5. The van der Waals surface area contributed by atoms with Gasteiger partial charge >= 0.3 is 0 Å². The van der Waals surface area contributed by atoms with Crippen LogP contribution in [0.3, 0.4) is 0 Å². The lowest BCUT2D eigenvalue weighted by Crippen LogP contribution is -2.41. The smallest absolute Gasteiger partial charge is 0.153 e. The van der Waals surface area contributed by atoms with Crippen LogP contribution in [0, 0.1) is 12.3 Å². The van der Waals surface area contributed by atoms with Crippen LogP contribution in [0.2, 0.25) is 5.02 Å². The quantitative estimate of drug-likeness (QED) is 0.586. The Balaban J connectivity index is 1.35. The van der Waals surface area contributed by atoms with Crippen LogP contribution in [0.5, 0.6) is 0 Å². The van der Waals surface area contributed by atoms with E-state index >= 15 is 0 Å². The number of nitrogens with zero attached hydrogens (tertiary/aromatic N) is 4. The van der Waals surface area contributed by atoms with Crippen LogP contribution in [0.25, 0.3) is 0 Å². The number of hydrogen-bond acceptors (Lipinski definition) is 7. The second-order valence-corrected chi connectivity index (χ2v) is 10.2. The molecule has 0 saturated carbocycles. The predicted octanol–water partition coefficient (Wildman–Crippen LogP) is 4.44. The third-order valence-corrected chi connectivity index (χ3v) is 8.34. The number of aromatic nitrogens is 3. The van der Waals surface area contributed by atoms with Gasteiger partial charge in [-0.15, -0.1) is 0 Å². The van der Waals surface area contributed by atoms with Crippen LogP contribution >= 0.6 is 23.4 Å². The number of aliphatic hydroxyl groups is 1. The second-order valence-electron chi connectivity index (χ2n) is 8.76. The number of halogens is 1. The summed E-state index contributed by atoms with van der Waals surface area (Å²) in [5.74, 6) is 1.08. The number of fused-ring (bicyclic) bond motifs is 1. The second kappa shape index (κ2) is 8.54. The molecule has 0 radical (unpaired) electrons. The minimum Gasteiger partial charge on any atom is -0.390 e. The van der Waals surface area contributed by atoms with Gasteiger partial charge in [0.25, 0.3) is 0 Å². The summed E-state index contributed by atoms with van der Waals surface area (Å²) in [6.45, 7) is 3.63. The number of aryl methyl sites for hydroxylation is 1. The van der Waals surface area contributed by atoms with Gasteiger partial charge in [0.1, 0.15) is 16.5 Å². The molecule has 1 aliphatic heterocycles. The molecule has 6 nitrogen and oxygen atoms in total. The molecule has 3 aromatic rings. The third kappa shape index (κ3) is 3.93. The van der Waals surface area contributed by atoms with Gasteiger partial charge in [0, 0.05) is 24.2 Å². The van der Waals surface area contributed by atoms with Crippen molar-refractivity contribution in [3.63, 3.8) is 0 Å². The Morgan fingerprint density at radius 1 is 1.12 bits per heavy atom. The van der Waals surface area contributed by atoms with Crippen molar-refractivity contribution in [3.8, 4) is 0 Å². The lowest BCUT2D eigenvalue weighted by Gasteiger charge is -2.40. The predicted molar refractivity (Wildman–Crippen MR) is 128 cm³/mol. The average molecular weight is 468 g/mol. The normalized spacial score (nSPS) is 17.0. The minimum absolute atomic E-state index is 0.157. The van der Waals surface area contributed by atoms with Gasteiger partial charge in [-0.25, -0.2) is 15.0 Å². The van der Waals surface area contributed by atoms with E-state index in [-0.39, 0.29) is 12.4 Å². The lowest BCUT2D eigenvalue weighted by molar-refractivity contribution is 0.230. The van der Waals surface area contributed by atoms with E-state index in [0.29, 0.717) is 21.2 Å². The largest absolute Gasteiger partial charge is 0.390 e. The number of nitrogens with two attached hydrogens (primary N) is 1. The van der Waals surface area contributed by atoms with E-state index in [0.717, 1.165) is 42.3 Å². The fraction of sp³-hybridized carbons (Fsp3) is 0.375. The van der Waals surface area contributed by atoms with Gasteiger partial charge in [-0.3, -0.25) is 0 Å². The summed E-state index contributed by atoms with van der Waals surface area (Å²) >= 11 is 7.69. The van der Waals surface area contributed by atoms with E-state index in [1.165, 1.54) is 35.7 Å². The van der Waals surface area contributed by atoms with Crippen molar-refractivity contribution < 1.29 is 5.11 Å². The third-order valence-electron chi connectivity index (χ3n) is 6.69. The SMILES string of the molecule is Cc1nc(N2CCC3(CC2)Cc2ccccc2C3)c(CO)nc1Sc1ccnc(N)c1Cl. The van der Waals surface area contributed by atoms with E-state index in [2.05, 4.69) is 34.1 Å². The Hall–Kier alpha value is -2.35. The molecule has 1 saturated heterocycles. The van der Waals surface area contributed by atoms with Crippen LogP contribution < -0.4 is 10.6 Å². The molecule has 1 spiro atoms. The Morgan fingerprint density at radius 2 is 1.81 bits per heavy atom. The molecule has 0 unspecified atom stereocenters. The Morgan fingerprint density at radius 3 is 2.47 bits per heavy atom. The molecule has 166 valence electrons. The number of aliphatic hydroxyl groups excluding tert-OH is 1. The van der Waals surface area contributed by atoms with Crippen molar-refractivity contribution >= 4 is 35.0 Å². The van der Waals surface area contributed by atoms with Crippen molar-refractivity contribution in [1.82, 2.24) is 15.0 Å². The number of piperidine rings is 1. The van der Waals surface area contributed by atoms with Gasteiger partial charge in [0.05, 0.1) is 17.3 Å². The molecule has 0 bridgehead atoms. The van der Waals surface area contributed by atoms with Crippen molar-refractivity contribution in [2.75, 3.05) is 23.7 Å². The molecular formula is C24H26ClN5OS. The van der Waals surface area contributed by atoms with Crippen molar-refractivity contribution in [1.29, 1.82) is 0 Å². The monoisotopic (exact) mass is 467 g/mol. The first kappa shape index (κ1) is 21.5. The fourth-order valence-corrected chi connectivity index (χ4v) is 6.03. The standard InChI is InChI=1S/C24H26ClN5OS/c1-15-23(32-19-6-9-27-21(26)20(19)25)29-18(14-31)22(28-15)30-10-7-24(8-11-30)12-16-4-2-3-5-17(16)13-24/h2-6,9,31H,7-8,10-14H2,1H3,(H2,26,27). The van der Waals surface area contributed by atoms with Crippen LogP contribution in [0.15, 0.2) is 46.5 Å². The van der Waals surface area contributed by atoms with Crippen LogP contribution in [0.1, 0.15) is 35.4 Å². The number of anilines is 2. The number of nitrogen functional groups attached to an aromatic ring is 1. The van der Waals surface area contributed by atoms with Gasteiger partial charge in [0.15, 0.2) is 5.82 Å². The summed E-state index contributed by atoms with van der Waals surface area (Å²) in [5.41, 5.74) is 10.6. The van der Waals surface area contributed by atoms with Crippen molar-refractivity contribution in [3.05, 3.63) is 64.1 Å². The maximum absolute atomic E-state index is 10.1. The molecule has 1 fully saturated rings. The van der Waals surface area contributed by atoms with Crippen LogP contribution in [-0.2, 0) is 19.4 Å². The first-order valence-corrected chi connectivity index (χ1v) is 12.1. The zero-order chi connectivity index (χ0) is 22.3. The molecule has 3 heterocycles. The highest BCUT2D eigenvalue weighted by Crippen LogP contribution is 2.45. The Labute approximate surface area is 197 Å². The molecule has 3 N–H and O–H groups in total. The molecule has 1 aromatic carbocycles. The lowest BCUT2D eigenvalue weighted by atomic mass is 9.76. The highest BCUT2D eigenvalue weighted by Gasteiger charge is 2.40. The van der Waals surface area contributed by atoms with Crippen molar-refractivity contribution in [2.24, 2.45) is 5.41 Å². The van der Waals surface area contributed by atoms with E-state index in [9.17, 15) is 5.11 Å². The number of benzene rings is 1. The first-order valence-electron chi connectivity index (χ1n) is 10.9. The number of rotatable bonds is 4. The molecule has 2 aliphatic rings. The molecular weight excluding hydrogens is 442 g/mol. The number of hydrogen-bond donors (Lipinski definition) is 2. The van der Waals surface area contributed by atoms with E-state index < -0.39 is 0 Å². The summed E-state index contributed by atoms with van der Waals surface area (Å²) in [6.07, 6.45) is 6.20. The molecule has 0 atom stereocenters. The van der Waals surface area contributed by atoms with Gasteiger partial charge < -0.3 is 15.7 Å². The summed E-state index contributed by atoms with van der Waals surface area (Å²) in [5, 5.41) is 11.2. The number of pyridine rings is 1.